The van der Waals surface area contributed by atoms with Crippen LogP contribution in [0.15, 0.2) is 24.3 Å². The van der Waals surface area contributed by atoms with E-state index in [1.54, 1.807) is 0 Å². The van der Waals surface area contributed by atoms with Gasteiger partial charge >= 0.3 is 11.9 Å². The second-order valence-electron chi connectivity index (χ2n) is 12.5. The molecule has 1 unspecified atom stereocenters. The SMILES string of the molecule is CCCC/C=C\CCCCCCCCOCC(COC(=O)CCCCCCC/C=C\CCCC)OC(=O)CCCCCCC. The van der Waals surface area contributed by atoms with Crippen molar-refractivity contribution in [1.29, 1.82) is 0 Å². The fourth-order valence-corrected chi connectivity index (χ4v) is 5.06. The third-order valence-electron chi connectivity index (χ3n) is 7.96. The Labute approximate surface area is 273 Å². The average molecular weight is 621 g/mol. The Bertz CT molecular complexity index is 671. The van der Waals surface area contributed by atoms with Crippen LogP contribution in [0, 0.1) is 0 Å². The Morgan fingerprint density at radius 3 is 1.45 bits per heavy atom. The van der Waals surface area contributed by atoms with Gasteiger partial charge in [0.2, 0.25) is 0 Å². The van der Waals surface area contributed by atoms with E-state index in [1.165, 1.54) is 96.3 Å². The lowest BCUT2D eigenvalue weighted by atomic mass is 10.1. The molecule has 0 aliphatic rings. The van der Waals surface area contributed by atoms with Crippen molar-refractivity contribution in [3.63, 3.8) is 0 Å². The molecule has 0 spiro atoms. The molecule has 0 bridgehead atoms. The van der Waals surface area contributed by atoms with Crippen LogP contribution in [-0.2, 0) is 23.8 Å². The van der Waals surface area contributed by atoms with Crippen molar-refractivity contribution >= 4 is 11.9 Å². The highest BCUT2D eigenvalue weighted by Gasteiger charge is 2.17. The fraction of sp³-hybridized carbons (Fsp3) is 0.846. The molecule has 0 rings (SSSR count). The summed E-state index contributed by atoms with van der Waals surface area (Å²) in [6.45, 7) is 7.66. The molecule has 0 aliphatic heterocycles. The van der Waals surface area contributed by atoms with Gasteiger partial charge in [-0.25, -0.2) is 0 Å². The van der Waals surface area contributed by atoms with E-state index >= 15 is 0 Å². The second kappa shape index (κ2) is 35.9. The lowest BCUT2D eigenvalue weighted by molar-refractivity contribution is -0.163. The van der Waals surface area contributed by atoms with Crippen LogP contribution in [0.25, 0.3) is 0 Å². The smallest absolute Gasteiger partial charge is 0.306 e. The van der Waals surface area contributed by atoms with Gasteiger partial charge in [-0.05, 0) is 57.8 Å². The first kappa shape index (κ1) is 42.4. The molecular weight excluding hydrogens is 548 g/mol. The Morgan fingerprint density at radius 1 is 0.477 bits per heavy atom. The van der Waals surface area contributed by atoms with Gasteiger partial charge in [0, 0.05) is 19.4 Å². The number of unbranched alkanes of at least 4 members (excludes halogenated alkanes) is 19. The zero-order valence-electron chi connectivity index (χ0n) is 29.4. The molecule has 5 nitrogen and oxygen atoms in total. The highest BCUT2D eigenvalue weighted by molar-refractivity contribution is 5.70. The molecular formula is C39H72O5. The molecule has 0 aromatic heterocycles. The molecule has 258 valence electrons. The van der Waals surface area contributed by atoms with Crippen molar-refractivity contribution < 1.29 is 23.8 Å². The Morgan fingerprint density at radius 2 is 0.909 bits per heavy atom. The zero-order chi connectivity index (χ0) is 32.2. The lowest BCUT2D eigenvalue weighted by Crippen LogP contribution is -2.30. The number of rotatable bonds is 34. The van der Waals surface area contributed by atoms with E-state index in [9.17, 15) is 9.59 Å². The topological polar surface area (TPSA) is 61.8 Å². The van der Waals surface area contributed by atoms with E-state index in [0.29, 0.717) is 19.4 Å². The first-order valence-electron chi connectivity index (χ1n) is 18.9. The average Bonchev–Trinajstić information content (AvgIpc) is 3.02. The number of allylic oxidation sites excluding steroid dienone is 4. The van der Waals surface area contributed by atoms with E-state index < -0.39 is 6.10 Å². The monoisotopic (exact) mass is 621 g/mol. The normalized spacial score (nSPS) is 12.3. The van der Waals surface area contributed by atoms with Gasteiger partial charge in [-0.3, -0.25) is 9.59 Å². The number of ether oxygens (including phenoxy) is 3. The molecule has 5 heteroatoms. The minimum atomic E-state index is -0.530. The van der Waals surface area contributed by atoms with Gasteiger partial charge < -0.3 is 14.2 Å². The Hall–Kier alpha value is -1.62. The van der Waals surface area contributed by atoms with Crippen LogP contribution >= 0.6 is 0 Å². The zero-order valence-corrected chi connectivity index (χ0v) is 29.4. The number of carbonyl (C=O) groups is 2. The van der Waals surface area contributed by atoms with Gasteiger partial charge in [0.1, 0.15) is 6.61 Å². The number of esters is 2. The van der Waals surface area contributed by atoms with E-state index in [0.717, 1.165) is 57.8 Å². The summed E-state index contributed by atoms with van der Waals surface area (Å²) in [5, 5.41) is 0. The molecule has 0 saturated heterocycles. The molecule has 0 aromatic rings. The van der Waals surface area contributed by atoms with Gasteiger partial charge in [-0.2, -0.15) is 0 Å². The molecule has 0 heterocycles. The van der Waals surface area contributed by atoms with E-state index in [-0.39, 0.29) is 25.2 Å². The molecule has 1 atom stereocenters. The highest BCUT2D eigenvalue weighted by atomic mass is 16.6. The highest BCUT2D eigenvalue weighted by Crippen LogP contribution is 2.12. The fourth-order valence-electron chi connectivity index (χ4n) is 5.06. The van der Waals surface area contributed by atoms with Crippen LogP contribution in [-0.4, -0.2) is 37.9 Å². The van der Waals surface area contributed by atoms with Crippen molar-refractivity contribution in [2.75, 3.05) is 19.8 Å². The largest absolute Gasteiger partial charge is 0.462 e. The predicted molar refractivity (Wildman–Crippen MR) is 187 cm³/mol. The lowest BCUT2D eigenvalue weighted by Gasteiger charge is -2.18. The summed E-state index contributed by atoms with van der Waals surface area (Å²) in [6, 6.07) is 0. The summed E-state index contributed by atoms with van der Waals surface area (Å²) in [7, 11) is 0. The van der Waals surface area contributed by atoms with Crippen molar-refractivity contribution in [3.05, 3.63) is 24.3 Å². The van der Waals surface area contributed by atoms with Crippen molar-refractivity contribution in [2.45, 2.75) is 194 Å². The summed E-state index contributed by atoms with van der Waals surface area (Å²) in [6.07, 6.45) is 37.6. The van der Waals surface area contributed by atoms with E-state index in [4.69, 9.17) is 14.2 Å². The first-order chi connectivity index (χ1) is 21.6. The quantitative estimate of drug-likeness (QED) is 0.0407. The maximum Gasteiger partial charge on any atom is 0.306 e. The van der Waals surface area contributed by atoms with Gasteiger partial charge in [0.15, 0.2) is 6.10 Å². The predicted octanol–water partition coefficient (Wildman–Crippen LogP) is 11.8. The summed E-state index contributed by atoms with van der Waals surface area (Å²) in [5.41, 5.74) is 0. The van der Waals surface area contributed by atoms with Crippen molar-refractivity contribution in [3.8, 4) is 0 Å². The molecule has 0 saturated carbocycles. The summed E-state index contributed by atoms with van der Waals surface area (Å²) in [4.78, 5) is 24.8. The van der Waals surface area contributed by atoms with Crippen LogP contribution in [0.2, 0.25) is 0 Å². The molecule has 0 radical (unpaired) electrons. The second-order valence-corrected chi connectivity index (χ2v) is 12.5. The summed E-state index contributed by atoms with van der Waals surface area (Å²) in [5.74, 6) is -0.424. The van der Waals surface area contributed by atoms with Gasteiger partial charge in [-0.1, -0.05) is 141 Å². The van der Waals surface area contributed by atoms with Crippen LogP contribution in [0.5, 0.6) is 0 Å². The molecule has 0 aromatic carbocycles. The van der Waals surface area contributed by atoms with Crippen LogP contribution in [0.3, 0.4) is 0 Å². The molecule has 44 heavy (non-hydrogen) atoms. The molecule has 0 aliphatic carbocycles. The van der Waals surface area contributed by atoms with Crippen LogP contribution in [0.1, 0.15) is 188 Å². The number of hydrogen-bond acceptors (Lipinski definition) is 5. The minimum absolute atomic E-state index is 0.0810. The van der Waals surface area contributed by atoms with Gasteiger partial charge in [0.25, 0.3) is 0 Å². The first-order valence-corrected chi connectivity index (χ1v) is 18.9. The van der Waals surface area contributed by atoms with Crippen LogP contribution in [0.4, 0.5) is 0 Å². The number of hydrogen-bond donors (Lipinski definition) is 0. The Balaban J connectivity index is 4.14. The molecule has 0 amide bonds. The summed E-state index contributed by atoms with van der Waals surface area (Å²) >= 11 is 0. The molecule has 0 fully saturated rings. The Kier molecular flexibility index (Phi) is 34.5. The van der Waals surface area contributed by atoms with Gasteiger partial charge in [0.05, 0.1) is 6.61 Å². The summed E-state index contributed by atoms with van der Waals surface area (Å²) < 4.78 is 17.1. The number of carbonyl (C=O) groups excluding carboxylic acids is 2. The maximum absolute atomic E-state index is 12.4. The maximum atomic E-state index is 12.4. The van der Waals surface area contributed by atoms with Gasteiger partial charge in [-0.15, -0.1) is 0 Å². The minimum Gasteiger partial charge on any atom is -0.462 e. The van der Waals surface area contributed by atoms with Crippen molar-refractivity contribution in [1.82, 2.24) is 0 Å². The van der Waals surface area contributed by atoms with Crippen LogP contribution < -0.4 is 0 Å². The van der Waals surface area contributed by atoms with E-state index in [1.807, 2.05) is 0 Å². The third kappa shape index (κ3) is 33.3. The van der Waals surface area contributed by atoms with Crippen molar-refractivity contribution in [2.24, 2.45) is 0 Å². The molecule has 0 N–H and O–H groups in total. The third-order valence-corrected chi connectivity index (χ3v) is 7.96. The standard InChI is InChI=1S/C39H72O5/c1-4-7-10-13-15-17-19-21-23-25-28-31-34-42-35-37(44-39(41)33-30-26-12-9-6-3)36-43-38(40)32-29-27-24-22-20-18-16-14-11-8-5-2/h13-16,37H,4-12,17-36H2,1-3H3/b15-13-,16-14-. The van der Waals surface area contributed by atoms with E-state index in [2.05, 4.69) is 45.1 Å².